The number of ether oxygens (including phenoxy) is 1. The largest absolute Gasteiger partial charge is 0.496 e. The first-order valence-corrected chi connectivity index (χ1v) is 11.9. The molecule has 34 heavy (non-hydrogen) atoms. The summed E-state index contributed by atoms with van der Waals surface area (Å²) in [5.41, 5.74) is 2.75. The molecule has 2 aromatic carbocycles. The van der Waals surface area contributed by atoms with Crippen molar-refractivity contribution >= 4 is 24.6 Å². The Labute approximate surface area is 203 Å². The molecule has 2 N–H and O–H groups in total. The van der Waals surface area contributed by atoms with Crippen LogP contribution in [-0.4, -0.2) is 64.4 Å². The van der Waals surface area contributed by atoms with Crippen molar-refractivity contribution in [1.82, 2.24) is 15.5 Å². The zero-order valence-electron chi connectivity index (χ0n) is 20.7. The summed E-state index contributed by atoms with van der Waals surface area (Å²) >= 11 is 0. The molecule has 1 fully saturated rings. The molecule has 2 aromatic rings. The quantitative estimate of drug-likeness (QED) is 0.340. The Bertz CT molecular complexity index is 1010. The highest BCUT2D eigenvalue weighted by Gasteiger charge is 2.21. The van der Waals surface area contributed by atoms with Gasteiger partial charge in [-0.3, -0.25) is 15.1 Å². The van der Waals surface area contributed by atoms with Crippen LogP contribution in [0.2, 0.25) is 6.82 Å². The summed E-state index contributed by atoms with van der Waals surface area (Å²) in [6, 6.07) is 11.1. The number of methoxy groups -OCH3 is 1. The third kappa shape index (κ3) is 6.60. The standard InChI is InChI=1S/C26H35BFN4O2/c1-27-19-11-13-24(34-4)18(17-19)10-12-21-22(8-5-9-23(21)28)25(33)31-26(29-2)30-15-14-20-7-6-16-32(20)3/h5,8-9,11,13,17,20H,6-7,10,12,14-16H2,1-4H3,(H2,29,30,31,33). The van der Waals surface area contributed by atoms with E-state index in [-0.39, 0.29) is 5.91 Å². The van der Waals surface area contributed by atoms with E-state index in [2.05, 4.69) is 27.6 Å². The number of hydrogen-bond donors (Lipinski definition) is 2. The number of aliphatic imine (C=N–C) groups is 1. The number of carbonyl (C=O) groups excluding carboxylic acids is 1. The highest BCUT2D eigenvalue weighted by molar-refractivity contribution is 6.51. The second-order valence-electron chi connectivity index (χ2n) is 8.64. The highest BCUT2D eigenvalue weighted by Crippen LogP contribution is 2.22. The van der Waals surface area contributed by atoms with Crippen LogP contribution in [0.25, 0.3) is 0 Å². The maximum atomic E-state index is 14.8. The predicted octanol–water partition coefficient (Wildman–Crippen LogP) is 2.79. The zero-order chi connectivity index (χ0) is 24.5. The van der Waals surface area contributed by atoms with Gasteiger partial charge in [0.15, 0.2) is 5.96 Å². The molecule has 1 heterocycles. The Kier molecular flexibility index (Phi) is 9.51. The first kappa shape index (κ1) is 25.8. The van der Waals surface area contributed by atoms with E-state index in [4.69, 9.17) is 4.74 Å². The monoisotopic (exact) mass is 465 g/mol. The molecule has 1 amide bonds. The van der Waals surface area contributed by atoms with Crippen molar-refractivity contribution in [2.45, 2.75) is 45.0 Å². The third-order valence-corrected chi connectivity index (χ3v) is 6.54. The Balaban J connectivity index is 1.66. The van der Waals surface area contributed by atoms with E-state index in [0.29, 0.717) is 42.5 Å². The molecule has 1 radical (unpaired) electrons. The molecule has 8 heteroatoms. The number of guanidine groups is 1. The van der Waals surface area contributed by atoms with Gasteiger partial charge in [0.1, 0.15) is 18.8 Å². The lowest BCUT2D eigenvalue weighted by Gasteiger charge is -2.20. The highest BCUT2D eigenvalue weighted by atomic mass is 19.1. The Morgan fingerprint density at radius 1 is 1.29 bits per heavy atom. The number of halogens is 1. The molecule has 0 saturated carbocycles. The predicted molar refractivity (Wildman–Crippen MR) is 137 cm³/mol. The first-order chi connectivity index (χ1) is 16.5. The molecule has 1 aliphatic rings. The minimum atomic E-state index is -0.392. The fourth-order valence-electron chi connectivity index (χ4n) is 4.51. The average molecular weight is 465 g/mol. The van der Waals surface area contributed by atoms with E-state index < -0.39 is 5.82 Å². The van der Waals surface area contributed by atoms with E-state index in [9.17, 15) is 9.18 Å². The van der Waals surface area contributed by atoms with Crippen LogP contribution in [0.15, 0.2) is 41.4 Å². The van der Waals surface area contributed by atoms with Crippen molar-refractivity contribution in [2.75, 3.05) is 34.3 Å². The van der Waals surface area contributed by atoms with Gasteiger partial charge < -0.3 is 15.0 Å². The minimum Gasteiger partial charge on any atom is -0.496 e. The van der Waals surface area contributed by atoms with Crippen LogP contribution in [0.1, 0.15) is 40.7 Å². The topological polar surface area (TPSA) is 66.0 Å². The van der Waals surface area contributed by atoms with Crippen LogP contribution < -0.4 is 20.8 Å². The summed E-state index contributed by atoms with van der Waals surface area (Å²) in [5, 5.41) is 6.03. The minimum absolute atomic E-state index is 0.315. The maximum absolute atomic E-state index is 14.8. The van der Waals surface area contributed by atoms with Crippen LogP contribution in [0.3, 0.4) is 0 Å². The van der Waals surface area contributed by atoms with Gasteiger partial charge in [-0.15, -0.1) is 0 Å². The van der Waals surface area contributed by atoms with Gasteiger partial charge in [-0.2, -0.15) is 0 Å². The molecule has 0 aromatic heterocycles. The summed E-state index contributed by atoms with van der Waals surface area (Å²) in [5.74, 6) is 0.388. The van der Waals surface area contributed by atoms with Crippen molar-refractivity contribution < 1.29 is 13.9 Å². The normalized spacial score (nSPS) is 16.4. The molecule has 1 unspecified atom stereocenters. The number of nitrogens with one attached hydrogen (secondary N) is 2. The van der Waals surface area contributed by atoms with Crippen LogP contribution in [0.4, 0.5) is 4.39 Å². The van der Waals surface area contributed by atoms with Gasteiger partial charge in [0.05, 0.1) is 7.11 Å². The molecule has 1 aliphatic heterocycles. The van der Waals surface area contributed by atoms with E-state index >= 15 is 0 Å². The number of benzene rings is 2. The SMILES string of the molecule is C[B]c1ccc(OC)c(CCc2c(F)cccc2C(=O)NC(=NC)NCCC2CCCN2C)c1. The molecule has 6 nitrogen and oxygen atoms in total. The molecule has 1 atom stereocenters. The van der Waals surface area contributed by atoms with Gasteiger partial charge in [0.25, 0.3) is 5.91 Å². The van der Waals surface area contributed by atoms with Gasteiger partial charge >= 0.3 is 0 Å². The van der Waals surface area contributed by atoms with Gasteiger partial charge in [0, 0.05) is 30.8 Å². The zero-order valence-corrected chi connectivity index (χ0v) is 20.7. The van der Waals surface area contributed by atoms with Crippen molar-refractivity contribution in [2.24, 2.45) is 4.99 Å². The van der Waals surface area contributed by atoms with Crippen LogP contribution in [-0.2, 0) is 12.8 Å². The molecule has 1 saturated heterocycles. The van der Waals surface area contributed by atoms with E-state index in [0.717, 1.165) is 29.7 Å². The Morgan fingerprint density at radius 2 is 2.12 bits per heavy atom. The van der Waals surface area contributed by atoms with Crippen molar-refractivity contribution in [3.05, 3.63) is 58.9 Å². The number of aryl methyl sites for hydroxylation is 1. The number of nitrogens with zero attached hydrogens (tertiary/aromatic N) is 2. The summed E-state index contributed by atoms with van der Waals surface area (Å²) in [6.45, 7) is 3.81. The summed E-state index contributed by atoms with van der Waals surface area (Å²) in [4.78, 5) is 19.6. The lowest BCUT2D eigenvalue weighted by Crippen LogP contribution is -2.42. The van der Waals surface area contributed by atoms with Gasteiger partial charge in [-0.05, 0) is 69.5 Å². The number of rotatable bonds is 9. The van der Waals surface area contributed by atoms with E-state index in [1.165, 1.54) is 18.9 Å². The molecule has 0 aliphatic carbocycles. The van der Waals surface area contributed by atoms with Gasteiger partial charge in [-0.1, -0.05) is 30.5 Å². The maximum Gasteiger partial charge on any atom is 0.258 e. The Hall–Kier alpha value is -2.87. The molecule has 0 bridgehead atoms. The fraction of sp³-hybridized carbons (Fsp3) is 0.462. The fourth-order valence-corrected chi connectivity index (χ4v) is 4.51. The van der Waals surface area contributed by atoms with Crippen LogP contribution in [0.5, 0.6) is 5.75 Å². The number of hydrogen-bond acceptors (Lipinski definition) is 4. The molecule has 0 spiro atoms. The molecule has 3 rings (SSSR count). The number of likely N-dealkylation sites (tertiary alicyclic amines) is 1. The lowest BCUT2D eigenvalue weighted by atomic mass is 9.72. The first-order valence-electron chi connectivity index (χ1n) is 11.9. The summed E-state index contributed by atoms with van der Waals surface area (Å²) < 4.78 is 20.3. The Morgan fingerprint density at radius 3 is 2.79 bits per heavy atom. The smallest absolute Gasteiger partial charge is 0.258 e. The third-order valence-electron chi connectivity index (χ3n) is 6.54. The molecular formula is C26H35BFN4O2. The molecular weight excluding hydrogens is 430 g/mol. The number of carbonyl (C=O) groups is 1. The summed E-state index contributed by atoms with van der Waals surface area (Å²) in [6.07, 6.45) is 4.32. The second kappa shape index (κ2) is 12.6. The van der Waals surface area contributed by atoms with Crippen molar-refractivity contribution in [3.63, 3.8) is 0 Å². The number of amides is 1. The average Bonchev–Trinajstić information content (AvgIpc) is 3.26. The molecule has 181 valence electrons. The summed E-state index contributed by atoms with van der Waals surface area (Å²) in [7, 11) is 7.40. The van der Waals surface area contributed by atoms with Crippen molar-refractivity contribution in [3.8, 4) is 5.75 Å². The second-order valence-corrected chi connectivity index (χ2v) is 8.64. The van der Waals surface area contributed by atoms with Gasteiger partial charge in [0.2, 0.25) is 0 Å². The lowest BCUT2D eigenvalue weighted by molar-refractivity contribution is 0.0974. The van der Waals surface area contributed by atoms with Gasteiger partial charge in [-0.25, -0.2) is 4.39 Å². The van der Waals surface area contributed by atoms with Crippen LogP contribution >= 0.6 is 0 Å². The van der Waals surface area contributed by atoms with Crippen molar-refractivity contribution in [1.29, 1.82) is 0 Å². The van der Waals surface area contributed by atoms with E-state index in [1.807, 2.05) is 32.3 Å². The van der Waals surface area contributed by atoms with Crippen LogP contribution in [0, 0.1) is 5.82 Å². The van der Waals surface area contributed by atoms with E-state index in [1.54, 1.807) is 26.3 Å².